The van der Waals surface area contributed by atoms with Gasteiger partial charge in [-0.05, 0) is 19.1 Å². The highest BCUT2D eigenvalue weighted by molar-refractivity contribution is 7.09. The molecule has 0 saturated carbocycles. The van der Waals surface area contributed by atoms with E-state index in [0.29, 0.717) is 12.3 Å². The maximum atomic E-state index is 10.6. The van der Waals surface area contributed by atoms with Crippen molar-refractivity contribution < 1.29 is 14.3 Å². The van der Waals surface area contributed by atoms with Crippen LogP contribution in [-0.4, -0.2) is 22.6 Å². The van der Waals surface area contributed by atoms with Crippen LogP contribution < -0.4 is 5.32 Å². The largest absolute Gasteiger partial charge is 0.475 e. The van der Waals surface area contributed by atoms with Crippen LogP contribution in [0.3, 0.4) is 0 Å². The maximum absolute atomic E-state index is 10.6. The van der Waals surface area contributed by atoms with Crippen molar-refractivity contribution in [3.63, 3.8) is 0 Å². The molecule has 0 aliphatic rings. The summed E-state index contributed by atoms with van der Waals surface area (Å²) in [6, 6.07) is 3.13. The Morgan fingerprint density at radius 1 is 1.56 bits per heavy atom. The molecule has 2 N–H and O–H groups in total. The fourth-order valence-corrected chi connectivity index (χ4v) is 2.29. The second-order valence-electron chi connectivity index (χ2n) is 3.88. The lowest BCUT2D eigenvalue weighted by Gasteiger charge is -2.00. The molecule has 0 amide bonds. The van der Waals surface area contributed by atoms with Gasteiger partial charge in [0.15, 0.2) is 0 Å². The van der Waals surface area contributed by atoms with E-state index in [9.17, 15) is 4.79 Å². The number of hydrogen-bond acceptors (Lipinski definition) is 5. The summed E-state index contributed by atoms with van der Waals surface area (Å²) < 4.78 is 5.13. The number of carboxylic acids is 1. The Labute approximate surface area is 108 Å². The number of thiazole rings is 1. The lowest BCUT2D eigenvalue weighted by Crippen LogP contribution is -2.16. The van der Waals surface area contributed by atoms with Crippen LogP contribution in [0.2, 0.25) is 0 Å². The van der Waals surface area contributed by atoms with Crippen LogP contribution in [0.4, 0.5) is 0 Å². The third-order valence-electron chi connectivity index (χ3n) is 2.35. The van der Waals surface area contributed by atoms with Gasteiger partial charge in [-0.15, -0.1) is 11.3 Å². The molecule has 0 bridgehead atoms. The molecule has 6 heteroatoms. The summed E-state index contributed by atoms with van der Waals surface area (Å²) in [5.74, 6) is -0.440. The lowest BCUT2D eigenvalue weighted by atomic mass is 10.4. The Morgan fingerprint density at radius 2 is 2.39 bits per heavy atom. The van der Waals surface area contributed by atoms with Crippen molar-refractivity contribution in [2.45, 2.75) is 19.9 Å². The number of carboxylic acid groups (broad SMARTS) is 1. The predicted octanol–water partition coefficient (Wildman–Crippen LogP) is 2.08. The van der Waals surface area contributed by atoms with Crippen molar-refractivity contribution in [1.82, 2.24) is 10.3 Å². The van der Waals surface area contributed by atoms with E-state index >= 15 is 0 Å². The minimum Gasteiger partial charge on any atom is -0.475 e. The average molecular weight is 266 g/mol. The van der Waals surface area contributed by atoms with Gasteiger partial charge in [0.25, 0.3) is 0 Å². The third kappa shape index (κ3) is 3.41. The highest BCUT2D eigenvalue weighted by Crippen LogP contribution is 2.09. The average Bonchev–Trinajstić information content (AvgIpc) is 2.93. The van der Waals surface area contributed by atoms with E-state index in [1.54, 1.807) is 17.4 Å². The van der Waals surface area contributed by atoms with Gasteiger partial charge in [0.05, 0.1) is 11.6 Å². The van der Waals surface area contributed by atoms with Gasteiger partial charge >= 0.3 is 5.97 Å². The van der Waals surface area contributed by atoms with E-state index in [1.807, 2.05) is 12.3 Å². The Hall–Kier alpha value is -1.66. The number of carbonyl (C=O) groups is 1. The van der Waals surface area contributed by atoms with E-state index in [-0.39, 0.29) is 5.76 Å². The van der Waals surface area contributed by atoms with E-state index < -0.39 is 5.97 Å². The van der Waals surface area contributed by atoms with E-state index in [4.69, 9.17) is 9.52 Å². The zero-order chi connectivity index (χ0) is 13.0. The van der Waals surface area contributed by atoms with Crippen LogP contribution in [0.25, 0.3) is 0 Å². The summed E-state index contributed by atoms with van der Waals surface area (Å²) in [7, 11) is 0. The molecule has 0 unspecified atom stereocenters. The minimum atomic E-state index is -1.04. The second-order valence-corrected chi connectivity index (χ2v) is 4.82. The first-order valence-electron chi connectivity index (χ1n) is 5.59. The highest BCUT2D eigenvalue weighted by atomic mass is 32.1. The Bertz CT molecular complexity index is 533. The van der Waals surface area contributed by atoms with Gasteiger partial charge in [0.1, 0.15) is 5.76 Å². The summed E-state index contributed by atoms with van der Waals surface area (Å²) in [5.41, 5.74) is 1.05. The standard InChI is InChI=1S/C12H14N2O3S/c1-8-7-18-11(14-8)4-5-13-6-9-2-3-10(17-9)12(15)16/h2-3,7,13H,4-6H2,1H3,(H,15,16). The van der Waals surface area contributed by atoms with Gasteiger partial charge in [-0.3, -0.25) is 0 Å². The molecule has 2 aromatic heterocycles. The van der Waals surface area contributed by atoms with Gasteiger partial charge in [0.2, 0.25) is 5.76 Å². The molecule has 0 fully saturated rings. The molecule has 0 saturated heterocycles. The molecule has 2 rings (SSSR count). The number of aromatic carboxylic acids is 1. The molecule has 18 heavy (non-hydrogen) atoms. The minimum absolute atomic E-state index is 0.0256. The van der Waals surface area contributed by atoms with Crippen LogP contribution in [0.5, 0.6) is 0 Å². The van der Waals surface area contributed by atoms with E-state index in [0.717, 1.165) is 23.7 Å². The molecular weight excluding hydrogens is 252 g/mol. The number of aryl methyl sites for hydroxylation is 1. The molecular formula is C12H14N2O3S. The molecule has 0 atom stereocenters. The SMILES string of the molecule is Cc1csc(CCNCc2ccc(C(=O)O)o2)n1. The molecule has 0 aromatic carbocycles. The predicted molar refractivity (Wildman–Crippen MR) is 67.9 cm³/mol. The number of rotatable bonds is 6. The number of nitrogens with zero attached hydrogens (tertiary/aromatic N) is 1. The number of nitrogens with one attached hydrogen (secondary N) is 1. The summed E-state index contributed by atoms with van der Waals surface area (Å²) in [5, 5.41) is 15.0. The number of hydrogen-bond donors (Lipinski definition) is 2. The van der Waals surface area contributed by atoms with Crippen molar-refractivity contribution in [1.29, 1.82) is 0 Å². The Kier molecular flexibility index (Phi) is 4.11. The molecule has 0 aliphatic carbocycles. The fourth-order valence-electron chi connectivity index (χ4n) is 1.51. The molecule has 2 aromatic rings. The zero-order valence-corrected chi connectivity index (χ0v) is 10.8. The Morgan fingerprint density at radius 3 is 3.00 bits per heavy atom. The quantitative estimate of drug-likeness (QED) is 0.783. The van der Waals surface area contributed by atoms with E-state index in [1.165, 1.54) is 6.07 Å². The second kappa shape index (κ2) is 5.79. The van der Waals surface area contributed by atoms with Crippen LogP contribution in [-0.2, 0) is 13.0 Å². The van der Waals surface area contributed by atoms with Gasteiger partial charge < -0.3 is 14.8 Å². The topological polar surface area (TPSA) is 75.4 Å². The van der Waals surface area contributed by atoms with Crippen molar-refractivity contribution >= 4 is 17.3 Å². The third-order valence-corrected chi connectivity index (χ3v) is 3.38. The van der Waals surface area contributed by atoms with Crippen molar-refractivity contribution in [2.24, 2.45) is 0 Å². The summed E-state index contributed by atoms with van der Waals surface area (Å²) in [6.45, 7) is 3.29. The normalized spacial score (nSPS) is 10.7. The molecule has 0 spiro atoms. The van der Waals surface area contributed by atoms with E-state index in [2.05, 4.69) is 10.3 Å². The molecule has 0 aliphatic heterocycles. The van der Waals surface area contributed by atoms with Gasteiger partial charge in [-0.25, -0.2) is 9.78 Å². The van der Waals surface area contributed by atoms with Crippen LogP contribution in [0.15, 0.2) is 21.9 Å². The zero-order valence-electron chi connectivity index (χ0n) is 9.97. The Balaban J connectivity index is 1.73. The summed E-state index contributed by atoms with van der Waals surface area (Å²) in [6.07, 6.45) is 0.866. The maximum Gasteiger partial charge on any atom is 0.371 e. The van der Waals surface area contributed by atoms with Crippen molar-refractivity contribution in [3.8, 4) is 0 Å². The molecule has 96 valence electrons. The monoisotopic (exact) mass is 266 g/mol. The summed E-state index contributed by atoms with van der Waals surface area (Å²) in [4.78, 5) is 15.0. The molecule has 5 nitrogen and oxygen atoms in total. The van der Waals surface area contributed by atoms with Gasteiger partial charge in [0, 0.05) is 24.0 Å². The first kappa shape index (κ1) is 12.8. The first-order valence-corrected chi connectivity index (χ1v) is 6.47. The molecule has 2 heterocycles. The van der Waals surface area contributed by atoms with Gasteiger partial charge in [-0.1, -0.05) is 0 Å². The molecule has 0 radical (unpaired) electrons. The lowest BCUT2D eigenvalue weighted by molar-refractivity contribution is 0.0660. The van der Waals surface area contributed by atoms with Crippen LogP contribution in [0.1, 0.15) is 27.0 Å². The van der Waals surface area contributed by atoms with Gasteiger partial charge in [-0.2, -0.15) is 0 Å². The number of furan rings is 1. The smallest absolute Gasteiger partial charge is 0.371 e. The fraction of sp³-hybridized carbons (Fsp3) is 0.333. The summed E-state index contributed by atoms with van der Waals surface area (Å²) >= 11 is 1.65. The van der Waals surface area contributed by atoms with Crippen molar-refractivity contribution in [3.05, 3.63) is 39.7 Å². The number of aromatic nitrogens is 1. The van der Waals surface area contributed by atoms with Crippen LogP contribution in [0, 0.1) is 6.92 Å². The first-order chi connectivity index (χ1) is 8.65. The van der Waals surface area contributed by atoms with Crippen LogP contribution >= 0.6 is 11.3 Å². The highest BCUT2D eigenvalue weighted by Gasteiger charge is 2.08. The van der Waals surface area contributed by atoms with Crippen molar-refractivity contribution in [2.75, 3.05) is 6.54 Å².